The van der Waals surface area contributed by atoms with Gasteiger partial charge in [0.1, 0.15) is 35.7 Å². The molecular formula is C18H21F2N5OS. The van der Waals surface area contributed by atoms with Crippen molar-refractivity contribution in [2.45, 2.75) is 30.7 Å². The van der Waals surface area contributed by atoms with E-state index in [0.29, 0.717) is 12.2 Å². The minimum Gasteiger partial charge on any atom is -0.382 e. The Labute approximate surface area is 160 Å². The molecule has 0 aliphatic carbocycles. The highest BCUT2D eigenvalue weighted by Crippen LogP contribution is 2.36. The number of nitrogens with zero attached hydrogens (tertiary/aromatic N) is 5. The highest BCUT2D eigenvalue weighted by atomic mass is 32.2. The number of aliphatic hydroxyl groups is 1. The summed E-state index contributed by atoms with van der Waals surface area (Å²) in [7, 11) is 1.92. The van der Waals surface area contributed by atoms with Crippen molar-refractivity contribution in [3.05, 3.63) is 66.3 Å². The third kappa shape index (κ3) is 4.36. The molecule has 2 aromatic heterocycles. The van der Waals surface area contributed by atoms with Gasteiger partial charge < -0.3 is 9.67 Å². The van der Waals surface area contributed by atoms with Crippen LogP contribution in [0.15, 0.2) is 43.2 Å². The Morgan fingerprint density at radius 2 is 2.15 bits per heavy atom. The van der Waals surface area contributed by atoms with E-state index >= 15 is 0 Å². The molecule has 0 aliphatic rings. The summed E-state index contributed by atoms with van der Waals surface area (Å²) in [5, 5.41) is 15.0. The van der Waals surface area contributed by atoms with Crippen molar-refractivity contribution < 1.29 is 13.9 Å². The predicted octanol–water partition coefficient (Wildman–Crippen LogP) is 2.54. The summed E-state index contributed by atoms with van der Waals surface area (Å²) in [5.74, 6) is 0.153. The van der Waals surface area contributed by atoms with E-state index in [1.54, 1.807) is 6.20 Å². The van der Waals surface area contributed by atoms with Crippen molar-refractivity contribution in [3.8, 4) is 0 Å². The molecule has 3 rings (SSSR count). The van der Waals surface area contributed by atoms with E-state index in [2.05, 4.69) is 15.1 Å². The van der Waals surface area contributed by atoms with Crippen molar-refractivity contribution in [1.29, 1.82) is 0 Å². The highest BCUT2D eigenvalue weighted by molar-refractivity contribution is 7.99. The predicted molar refractivity (Wildman–Crippen MR) is 99.1 cm³/mol. The van der Waals surface area contributed by atoms with Crippen LogP contribution in [0.2, 0.25) is 0 Å². The lowest BCUT2D eigenvalue weighted by atomic mass is 9.90. The van der Waals surface area contributed by atoms with Crippen molar-refractivity contribution >= 4 is 11.8 Å². The van der Waals surface area contributed by atoms with Crippen LogP contribution in [0.3, 0.4) is 0 Å². The second kappa shape index (κ2) is 8.18. The molecule has 2 heterocycles. The van der Waals surface area contributed by atoms with Crippen molar-refractivity contribution in [3.63, 3.8) is 0 Å². The molecule has 1 aromatic carbocycles. The number of benzene rings is 1. The summed E-state index contributed by atoms with van der Waals surface area (Å²) in [5.41, 5.74) is -1.55. The molecule has 0 amide bonds. The van der Waals surface area contributed by atoms with Crippen LogP contribution in [0.4, 0.5) is 8.78 Å². The summed E-state index contributed by atoms with van der Waals surface area (Å²) in [6, 6.07) is 3.22. The molecule has 144 valence electrons. The van der Waals surface area contributed by atoms with Crippen LogP contribution in [0.5, 0.6) is 0 Å². The van der Waals surface area contributed by atoms with Gasteiger partial charge in [-0.25, -0.2) is 23.4 Å². The minimum atomic E-state index is -1.59. The molecule has 0 saturated carbocycles. The molecule has 0 bridgehead atoms. The largest absolute Gasteiger partial charge is 0.382 e. The molecule has 9 heteroatoms. The summed E-state index contributed by atoms with van der Waals surface area (Å²) >= 11 is 1.49. The SMILES string of the molecule is CC(SCCc1nccn1C)C(O)(Cn1cncn1)c1ccc(F)cc1F. The van der Waals surface area contributed by atoms with E-state index in [4.69, 9.17) is 0 Å². The van der Waals surface area contributed by atoms with Crippen molar-refractivity contribution in [2.75, 3.05) is 5.75 Å². The number of thioether (sulfide) groups is 1. The number of hydrogen-bond acceptors (Lipinski definition) is 5. The third-order valence-electron chi connectivity index (χ3n) is 4.55. The van der Waals surface area contributed by atoms with Gasteiger partial charge in [0.25, 0.3) is 0 Å². The van der Waals surface area contributed by atoms with E-state index in [1.165, 1.54) is 35.2 Å². The van der Waals surface area contributed by atoms with Gasteiger partial charge in [-0.05, 0) is 6.07 Å². The van der Waals surface area contributed by atoms with Crippen LogP contribution >= 0.6 is 11.8 Å². The third-order valence-corrected chi connectivity index (χ3v) is 5.88. The summed E-state index contributed by atoms with van der Waals surface area (Å²) in [4.78, 5) is 8.15. The van der Waals surface area contributed by atoms with Gasteiger partial charge in [-0.1, -0.05) is 13.0 Å². The molecule has 2 atom stereocenters. The van der Waals surface area contributed by atoms with Gasteiger partial charge in [-0.15, -0.1) is 0 Å². The van der Waals surface area contributed by atoms with Gasteiger partial charge in [0.2, 0.25) is 0 Å². The summed E-state index contributed by atoms with van der Waals surface area (Å²) in [6.07, 6.45) is 7.12. The number of rotatable bonds is 8. The Kier molecular flexibility index (Phi) is 5.91. The standard InChI is InChI=1S/C18H21F2N5OS/c1-13(27-8-5-17-22-6-7-24(17)2)18(26,10-25-12-21-11-23-25)15-4-3-14(19)9-16(15)20/h3-4,6-7,9,11-13,26H,5,8,10H2,1-2H3. The Hall–Kier alpha value is -2.26. The van der Waals surface area contributed by atoms with Crippen LogP contribution in [-0.2, 0) is 25.6 Å². The van der Waals surface area contributed by atoms with E-state index in [-0.39, 0.29) is 17.4 Å². The maximum absolute atomic E-state index is 14.5. The molecule has 2 unspecified atom stereocenters. The molecule has 0 aliphatic heterocycles. The molecule has 0 radical (unpaired) electrons. The lowest BCUT2D eigenvalue weighted by Crippen LogP contribution is -2.41. The zero-order valence-electron chi connectivity index (χ0n) is 15.1. The van der Waals surface area contributed by atoms with Gasteiger partial charge in [0, 0.05) is 48.5 Å². The maximum atomic E-state index is 14.5. The van der Waals surface area contributed by atoms with Gasteiger partial charge in [0.05, 0.1) is 6.54 Å². The fourth-order valence-electron chi connectivity index (χ4n) is 2.94. The smallest absolute Gasteiger partial charge is 0.137 e. The first-order valence-electron chi connectivity index (χ1n) is 8.48. The number of imidazole rings is 1. The first-order valence-corrected chi connectivity index (χ1v) is 9.53. The number of halogens is 2. The van der Waals surface area contributed by atoms with Crippen LogP contribution in [0.25, 0.3) is 0 Å². The molecule has 3 aromatic rings. The van der Waals surface area contributed by atoms with E-state index in [1.807, 2.05) is 24.7 Å². The average Bonchev–Trinajstić information content (AvgIpc) is 3.26. The second-order valence-corrected chi connectivity index (χ2v) is 7.81. The number of aryl methyl sites for hydroxylation is 2. The Bertz CT molecular complexity index is 886. The highest BCUT2D eigenvalue weighted by Gasteiger charge is 2.39. The van der Waals surface area contributed by atoms with Gasteiger partial charge in [-0.3, -0.25) is 0 Å². The minimum absolute atomic E-state index is 0.00608. The summed E-state index contributed by atoms with van der Waals surface area (Å²) in [6.45, 7) is 1.83. The molecular weight excluding hydrogens is 372 g/mol. The molecule has 27 heavy (non-hydrogen) atoms. The van der Waals surface area contributed by atoms with Crippen LogP contribution in [0.1, 0.15) is 18.3 Å². The molecule has 0 saturated heterocycles. The molecule has 6 nitrogen and oxygen atoms in total. The lowest BCUT2D eigenvalue weighted by molar-refractivity contribution is 0.0133. The van der Waals surface area contributed by atoms with E-state index in [9.17, 15) is 13.9 Å². The first kappa shape index (κ1) is 19.5. The van der Waals surface area contributed by atoms with E-state index in [0.717, 1.165) is 18.0 Å². The van der Waals surface area contributed by atoms with Gasteiger partial charge >= 0.3 is 0 Å². The number of hydrogen-bond donors (Lipinski definition) is 1. The fourth-order valence-corrected chi connectivity index (χ4v) is 4.07. The first-order chi connectivity index (χ1) is 12.9. The molecule has 0 spiro atoms. The summed E-state index contributed by atoms with van der Waals surface area (Å²) < 4.78 is 31.2. The maximum Gasteiger partial charge on any atom is 0.137 e. The zero-order chi connectivity index (χ0) is 19.4. The second-order valence-electron chi connectivity index (χ2n) is 6.36. The molecule has 0 fully saturated rings. The quantitative estimate of drug-likeness (QED) is 0.637. The van der Waals surface area contributed by atoms with Gasteiger partial charge in [-0.2, -0.15) is 16.9 Å². The van der Waals surface area contributed by atoms with Crippen LogP contribution in [0, 0.1) is 11.6 Å². The monoisotopic (exact) mass is 393 g/mol. The Balaban J connectivity index is 1.81. The fraction of sp³-hybridized carbons (Fsp3) is 0.389. The van der Waals surface area contributed by atoms with Crippen LogP contribution in [-0.4, -0.2) is 40.4 Å². The Morgan fingerprint density at radius 1 is 1.33 bits per heavy atom. The van der Waals surface area contributed by atoms with Crippen LogP contribution < -0.4 is 0 Å². The van der Waals surface area contributed by atoms with Crippen molar-refractivity contribution in [1.82, 2.24) is 24.3 Å². The number of aromatic nitrogens is 5. The van der Waals surface area contributed by atoms with Gasteiger partial charge in [0.15, 0.2) is 0 Å². The zero-order valence-corrected chi connectivity index (χ0v) is 15.9. The van der Waals surface area contributed by atoms with Crippen molar-refractivity contribution in [2.24, 2.45) is 7.05 Å². The Morgan fingerprint density at radius 3 is 2.78 bits per heavy atom. The average molecular weight is 393 g/mol. The molecule has 1 N–H and O–H groups in total. The lowest BCUT2D eigenvalue weighted by Gasteiger charge is -2.34. The van der Waals surface area contributed by atoms with E-state index < -0.39 is 17.2 Å². The topological polar surface area (TPSA) is 68.8 Å². The normalized spacial score (nSPS) is 14.9.